The molecule has 9 aromatic rings. The third-order valence-corrected chi connectivity index (χ3v) is 17.5. The van der Waals surface area contributed by atoms with Crippen molar-refractivity contribution in [3.63, 3.8) is 0 Å². The second-order valence-corrected chi connectivity index (χ2v) is 27.0. The summed E-state index contributed by atoms with van der Waals surface area (Å²) < 4.78 is 70.1. The summed E-state index contributed by atoms with van der Waals surface area (Å²) in [6.07, 6.45) is 0. The first-order valence-electron chi connectivity index (χ1n) is 27.8. The molecule has 83 heavy (non-hydrogen) atoms. The molecule has 1 fully saturated rings. The van der Waals surface area contributed by atoms with Crippen LogP contribution in [0.25, 0.3) is 33.1 Å². The molecule has 1 aliphatic heterocycles. The van der Waals surface area contributed by atoms with Crippen molar-refractivity contribution in [1.29, 1.82) is 0 Å². The molecule has 1 saturated heterocycles. The lowest BCUT2D eigenvalue weighted by Gasteiger charge is -2.43. The number of rotatable bonds is 13. The molecule has 8 aromatic carbocycles. The SMILES string of the molecule is C.COc1cc(-c2cc(OC)cc(C(C)(C)C)c2Op2oc3c(C(C)(C)C)cc(OC)cc3c3cc(OC)cc(C(C)(C)C)c3o2)c(OP2OC(c3ccccc3)(c3ccccc3)C(c3ccccc3)(c3ccccc3)O2)c(C(C)(C)C)c1. The first kappa shape index (κ1) is 60.4. The van der Waals surface area contributed by atoms with E-state index in [1.54, 1.807) is 28.4 Å². The molecule has 0 atom stereocenters. The van der Waals surface area contributed by atoms with Crippen molar-refractivity contribution in [2.24, 2.45) is 0 Å². The Kier molecular flexibility index (Phi) is 16.8. The van der Waals surface area contributed by atoms with Crippen LogP contribution in [0.5, 0.6) is 34.5 Å². The molecule has 0 saturated carbocycles. The molecule has 0 amide bonds. The van der Waals surface area contributed by atoms with Gasteiger partial charge in [-0.2, -0.15) is 0 Å². The summed E-state index contributed by atoms with van der Waals surface area (Å²) in [5, 5.41) is 1.59. The molecule has 0 unspecified atom stereocenters. The minimum absolute atomic E-state index is 0. The van der Waals surface area contributed by atoms with Gasteiger partial charge in [0.05, 0.1) is 28.4 Å². The molecule has 12 heteroatoms. The van der Waals surface area contributed by atoms with Crippen LogP contribution >= 0.6 is 16.8 Å². The molecular formula is C71H80O10P2. The summed E-state index contributed by atoms with van der Waals surface area (Å²) >= 11 is 0. The number of hydrogen-bond donors (Lipinski definition) is 0. The quantitative estimate of drug-likeness (QED) is 0.104. The number of hydrogen-bond acceptors (Lipinski definition) is 10. The lowest BCUT2D eigenvalue weighted by molar-refractivity contribution is 0.00370. The first-order valence-corrected chi connectivity index (χ1v) is 30.0. The average Bonchev–Trinajstić information content (AvgIpc) is 1.91. The average molecular weight is 1160 g/mol. The highest BCUT2D eigenvalue weighted by Gasteiger charge is 2.67. The summed E-state index contributed by atoms with van der Waals surface area (Å²) in [6.45, 7) is 25.9. The van der Waals surface area contributed by atoms with E-state index >= 15 is 0 Å². The lowest BCUT2D eigenvalue weighted by Crippen LogP contribution is -2.48. The van der Waals surface area contributed by atoms with E-state index < -0.39 is 49.7 Å². The van der Waals surface area contributed by atoms with Crippen molar-refractivity contribution < 1.29 is 45.4 Å². The Balaban J connectivity index is 0.00000828. The number of methoxy groups -OCH3 is 4. The zero-order valence-corrected chi connectivity index (χ0v) is 51.9. The van der Waals surface area contributed by atoms with Crippen LogP contribution in [-0.2, 0) is 41.9 Å². The van der Waals surface area contributed by atoms with Crippen molar-refractivity contribution in [2.45, 2.75) is 123 Å². The molecule has 0 radical (unpaired) electrons. The number of ether oxygens (including phenoxy) is 4. The highest BCUT2D eigenvalue weighted by Crippen LogP contribution is 2.71. The Hall–Kier alpha value is -7.19. The number of fused-ring (bicyclic) bond motifs is 3. The van der Waals surface area contributed by atoms with Gasteiger partial charge in [-0.1, -0.05) is 212 Å². The van der Waals surface area contributed by atoms with E-state index in [1.165, 1.54) is 0 Å². The Morgan fingerprint density at radius 1 is 0.349 bits per heavy atom. The fourth-order valence-electron chi connectivity index (χ4n) is 11.1. The monoisotopic (exact) mass is 1150 g/mol. The molecule has 0 N–H and O–H groups in total. The van der Waals surface area contributed by atoms with E-state index in [0.717, 1.165) is 55.3 Å². The van der Waals surface area contributed by atoms with Crippen LogP contribution in [0.3, 0.4) is 0 Å². The van der Waals surface area contributed by atoms with Crippen LogP contribution in [0, 0.1) is 0 Å². The van der Waals surface area contributed by atoms with Gasteiger partial charge in [-0.05, 0) is 92.4 Å². The summed E-state index contributed by atoms with van der Waals surface area (Å²) in [5.41, 5.74) is 5.14. The maximum absolute atomic E-state index is 7.81. The van der Waals surface area contributed by atoms with Gasteiger partial charge < -0.3 is 36.4 Å². The maximum Gasteiger partial charge on any atom is 0.453 e. The van der Waals surface area contributed by atoms with E-state index in [-0.39, 0.29) is 7.43 Å². The molecule has 434 valence electrons. The zero-order valence-electron chi connectivity index (χ0n) is 50.1. The van der Waals surface area contributed by atoms with Gasteiger partial charge in [-0.25, -0.2) is 0 Å². The Morgan fingerprint density at radius 3 is 0.916 bits per heavy atom. The molecule has 10 rings (SSSR count). The maximum atomic E-state index is 7.81. The molecule has 1 aromatic heterocycles. The van der Waals surface area contributed by atoms with Gasteiger partial charge in [0.1, 0.15) is 45.7 Å². The Bertz CT molecular complexity index is 3540. The standard InChI is InChI=1S/C70H76O10P2.CH4/c1-65(2,3)57-41-49(71-13)37-53-54-38-50(72-14)42-58(66(4,5)6)62(54)76-81(75-61(53)57)77-63-55(39-51(73-15)43-59(63)67(7,8)9)56-40-52(74-16)44-60(68(10,11)12)64(56)78-82-79-69(45-29-21-17-22-30-45,46-31-23-18-24-32-46)70(80-82,47-33-25-19-26-34-47)48-35-27-20-28-36-48;/h17-44H,1-16H3;1H4. The lowest BCUT2D eigenvalue weighted by atomic mass is 9.66. The van der Waals surface area contributed by atoms with E-state index in [0.29, 0.717) is 56.8 Å². The third-order valence-electron chi connectivity index (χ3n) is 15.3. The van der Waals surface area contributed by atoms with Crippen LogP contribution in [0.15, 0.2) is 178 Å². The smallest absolute Gasteiger partial charge is 0.453 e. The molecule has 0 bridgehead atoms. The summed E-state index contributed by atoms with van der Waals surface area (Å²) in [4.78, 5) is 0. The highest BCUT2D eigenvalue weighted by molar-refractivity contribution is 7.42. The fourth-order valence-corrected chi connectivity index (χ4v) is 13.8. The summed E-state index contributed by atoms with van der Waals surface area (Å²) in [7, 11) is 2.09. The van der Waals surface area contributed by atoms with Gasteiger partial charge in [-0.3, -0.25) is 9.05 Å². The van der Waals surface area contributed by atoms with Gasteiger partial charge in [0.2, 0.25) is 0 Å². The normalized spacial score (nSPS) is 14.5. The van der Waals surface area contributed by atoms with Crippen molar-refractivity contribution in [3.05, 3.63) is 214 Å². The molecule has 10 nitrogen and oxygen atoms in total. The van der Waals surface area contributed by atoms with E-state index in [1.807, 2.05) is 121 Å². The van der Waals surface area contributed by atoms with Crippen LogP contribution in [0.4, 0.5) is 0 Å². The fraction of sp³-hybridized carbons (Fsp3) is 0.324. The Labute approximate surface area is 493 Å². The van der Waals surface area contributed by atoms with Gasteiger partial charge in [0.15, 0.2) is 11.2 Å². The van der Waals surface area contributed by atoms with E-state index in [4.69, 9.17) is 45.4 Å². The second-order valence-electron chi connectivity index (χ2n) is 25.0. The second kappa shape index (κ2) is 23.1. The topological polar surface area (TPSA) is 100 Å². The zero-order chi connectivity index (χ0) is 58.6. The number of benzene rings is 8. The van der Waals surface area contributed by atoms with E-state index in [9.17, 15) is 0 Å². The summed E-state index contributed by atoms with van der Waals surface area (Å²) in [5.74, 6) is 3.60. The highest BCUT2D eigenvalue weighted by atomic mass is 31.2. The van der Waals surface area contributed by atoms with Crippen molar-refractivity contribution in [1.82, 2.24) is 0 Å². The van der Waals surface area contributed by atoms with E-state index in [2.05, 4.69) is 132 Å². The van der Waals surface area contributed by atoms with Crippen molar-refractivity contribution in [2.75, 3.05) is 28.4 Å². The van der Waals surface area contributed by atoms with Gasteiger partial charge in [0, 0.05) is 44.2 Å². The molecule has 0 spiro atoms. The predicted octanol–water partition coefficient (Wildman–Crippen LogP) is 20.2. The molecule has 1 aliphatic rings. The van der Waals surface area contributed by atoms with Crippen LogP contribution in [0.2, 0.25) is 0 Å². The van der Waals surface area contributed by atoms with Crippen LogP contribution in [-0.4, -0.2) is 28.4 Å². The summed E-state index contributed by atoms with van der Waals surface area (Å²) in [6, 6.07) is 57.5. The predicted molar refractivity (Wildman–Crippen MR) is 339 cm³/mol. The van der Waals surface area contributed by atoms with Gasteiger partial charge in [0.25, 0.3) is 0 Å². The minimum Gasteiger partial charge on any atom is -0.497 e. The Morgan fingerprint density at radius 2 is 0.627 bits per heavy atom. The van der Waals surface area contributed by atoms with Crippen molar-refractivity contribution >= 4 is 38.8 Å². The van der Waals surface area contributed by atoms with Gasteiger partial charge in [-0.15, -0.1) is 0 Å². The molecular weight excluding hydrogens is 1070 g/mol. The van der Waals surface area contributed by atoms with Crippen LogP contribution < -0.4 is 28.0 Å². The molecule has 2 heterocycles. The minimum atomic E-state index is -2.32. The van der Waals surface area contributed by atoms with Gasteiger partial charge >= 0.3 is 16.8 Å². The van der Waals surface area contributed by atoms with Crippen molar-refractivity contribution in [3.8, 4) is 45.6 Å². The van der Waals surface area contributed by atoms with Crippen LogP contribution in [0.1, 0.15) is 135 Å². The molecule has 0 aliphatic carbocycles. The largest absolute Gasteiger partial charge is 0.497 e. The third kappa shape index (κ3) is 11.2. The first-order chi connectivity index (χ1) is 38.9.